The van der Waals surface area contributed by atoms with Gasteiger partial charge in [0.25, 0.3) is 0 Å². The molecule has 1 aliphatic heterocycles. The van der Waals surface area contributed by atoms with Crippen LogP contribution in [0.3, 0.4) is 0 Å². The van der Waals surface area contributed by atoms with Gasteiger partial charge in [0.1, 0.15) is 0 Å². The van der Waals surface area contributed by atoms with Crippen molar-refractivity contribution in [1.29, 1.82) is 0 Å². The third-order valence-electron chi connectivity index (χ3n) is 6.29. The maximum Gasteiger partial charge on any atom is 0.416 e. The van der Waals surface area contributed by atoms with E-state index in [1.165, 1.54) is 6.07 Å². The summed E-state index contributed by atoms with van der Waals surface area (Å²) in [6, 6.07) is 16.7. The first-order valence-corrected chi connectivity index (χ1v) is 10.4. The Labute approximate surface area is 178 Å². The molecule has 1 unspecified atom stereocenters. The predicted molar refractivity (Wildman–Crippen MR) is 117 cm³/mol. The molecule has 158 valence electrons. The molecule has 3 aromatic carbocycles. The molecule has 2 aliphatic rings. The molecule has 0 fully saturated rings. The zero-order valence-corrected chi connectivity index (χ0v) is 17.3. The fourth-order valence-corrected chi connectivity index (χ4v) is 4.98. The highest BCUT2D eigenvalue weighted by molar-refractivity contribution is 6.12. The summed E-state index contributed by atoms with van der Waals surface area (Å²) in [6.07, 6.45) is -3.36. The summed E-state index contributed by atoms with van der Waals surface area (Å²) in [5, 5.41) is 5.52. The second-order valence-electron chi connectivity index (χ2n) is 9.24. The van der Waals surface area contributed by atoms with Gasteiger partial charge in [-0.2, -0.15) is 13.2 Å². The first-order valence-electron chi connectivity index (χ1n) is 10.4. The Morgan fingerprint density at radius 3 is 2.52 bits per heavy atom. The molecule has 1 heterocycles. The number of halogens is 3. The van der Waals surface area contributed by atoms with Gasteiger partial charge in [0.15, 0.2) is 5.78 Å². The molecular weight excluding hydrogens is 399 g/mol. The van der Waals surface area contributed by atoms with Crippen LogP contribution in [-0.2, 0) is 11.0 Å². The number of Topliss-reactive ketones (excluding diaryl/α,β-unsaturated/α-hetero) is 1. The van der Waals surface area contributed by atoms with E-state index in [1.54, 1.807) is 6.07 Å². The molecule has 5 rings (SSSR count). The fraction of sp³-hybridized carbons (Fsp3) is 0.269. The second kappa shape index (κ2) is 6.71. The molecule has 0 saturated carbocycles. The summed E-state index contributed by atoms with van der Waals surface area (Å²) in [6.45, 7) is 4.14. The standard InChI is InChI=1S/C26H22F3NO/c1-25(2)13-19-22-18-9-4-3-6-15(18)10-11-20(22)30-24(23(19)21(31)14-25)16-7-5-8-17(12-16)26(27,28)29/h3-12,24,30H,13-14H2,1-2H3. The van der Waals surface area contributed by atoms with Crippen LogP contribution >= 0.6 is 0 Å². The van der Waals surface area contributed by atoms with E-state index in [0.717, 1.165) is 39.7 Å². The van der Waals surface area contributed by atoms with E-state index >= 15 is 0 Å². The number of nitrogens with one attached hydrogen (secondary N) is 1. The average molecular weight is 421 g/mol. The largest absolute Gasteiger partial charge is 0.416 e. The fourth-order valence-electron chi connectivity index (χ4n) is 4.98. The lowest BCUT2D eigenvalue weighted by molar-refractivity contribution is -0.137. The monoisotopic (exact) mass is 421 g/mol. The molecule has 5 heteroatoms. The molecule has 0 spiro atoms. The number of anilines is 1. The van der Waals surface area contributed by atoms with Gasteiger partial charge in [0.05, 0.1) is 11.6 Å². The third-order valence-corrected chi connectivity index (χ3v) is 6.29. The van der Waals surface area contributed by atoms with Gasteiger partial charge in [-0.05, 0) is 51.9 Å². The topological polar surface area (TPSA) is 29.1 Å². The average Bonchev–Trinajstić information content (AvgIpc) is 2.71. The number of fused-ring (bicyclic) bond motifs is 4. The van der Waals surface area contributed by atoms with Gasteiger partial charge >= 0.3 is 6.18 Å². The van der Waals surface area contributed by atoms with Gasteiger partial charge in [0.2, 0.25) is 0 Å². The van der Waals surface area contributed by atoms with E-state index in [4.69, 9.17) is 0 Å². The van der Waals surface area contributed by atoms with Crippen molar-refractivity contribution in [3.63, 3.8) is 0 Å². The van der Waals surface area contributed by atoms with Crippen molar-refractivity contribution >= 4 is 27.8 Å². The first-order chi connectivity index (χ1) is 14.6. The van der Waals surface area contributed by atoms with E-state index in [9.17, 15) is 18.0 Å². The lowest BCUT2D eigenvalue weighted by Crippen LogP contribution is -2.33. The lowest BCUT2D eigenvalue weighted by atomic mass is 9.68. The SMILES string of the molecule is CC1(C)CC(=O)C2=C(C1)c1c(ccc3ccccc13)NC2c1cccc(C(F)(F)F)c1. The minimum absolute atomic E-state index is 0.000235. The van der Waals surface area contributed by atoms with Crippen LogP contribution in [0, 0.1) is 5.41 Å². The molecule has 0 radical (unpaired) electrons. The van der Waals surface area contributed by atoms with Crippen molar-refractivity contribution in [3.05, 3.63) is 82.9 Å². The van der Waals surface area contributed by atoms with E-state index in [0.29, 0.717) is 24.0 Å². The normalized spacial score (nSPS) is 20.3. The number of hydrogen-bond acceptors (Lipinski definition) is 2. The number of carbonyl (C=O) groups excluding carboxylic acids is 1. The van der Waals surface area contributed by atoms with Crippen LogP contribution < -0.4 is 5.32 Å². The molecule has 1 aliphatic carbocycles. The Morgan fingerprint density at radius 2 is 1.74 bits per heavy atom. The molecular formula is C26H22F3NO. The van der Waals surface area contributed by atoms with Crippen LogP contribution in [0.5, 0.6) is 0 Å². The van der Waals surface area contributed by atoms with E-state index in [1.807, 2.05) is 36.4 Å². The molecule has 31 heavy (non-hydrogen) atoms. The Hall–Kier alpha value is -3.08. The van der Waals surface area contributed by atoms with Crippen LogP contribution in [-0.4, -0.2) is 5.78 Å². The number of allylic oxidation sites excluding steroid dienone is 1. The van der Waals surface area contributed by atoms with Gasteiger partial charge in [-0.25, -0.2) is 0 Å². The summed E-state index contributed by atoms with van der Waals surface area (Å²) in [5.41, 5.74) is 2.94. The maximum atomic E-state index is 13.4. The summed E-state index contributed by atoms with van der Waals surface area (Å²) in [4.78, 5) is 13.3. The maximum absolute atomic E-state index is 13.4. The van der Waals surface area contributed by atoms with Gasteiger partial charge in [0, 0.05) is 23.2 Å². The Bertz CT molecular complexity index is 1250. The van der Waals surface area contributed by atoms with Crippen LogP contribution in [0.4, 0.5) is 18.9 Å². The van der Waals surface area contributed by atoms with Crippen molar-refractivity contribution in [1.82, 2.24) is 0 Å². The first kappa shape index (κ1) is 19.9. The second-order valence-corrected chi connectivity index (χ2v) is 9.24. The minimum atomic E-state index is -4.44. The van der Waals surface area contributed by atoms with Gasteiger partial charge in [-0.1, -0.05) is 56.3 Å². The highest BCUT2D eigenvalue weighted by Crippen LogP contribution is 2.52. The van der Waals surface area contributed by atoms with Gasteiger partial charge < -0.3 is 5.32 Å². The Morgan fingerprint density at radius 1 is 0.968 bits per heavy atom. The van der Waals surface area contributed by atoms with Crippen LogP contribution in [0.2, 0.25) is 0 Å². The molecule has 0 aromatic heterocycles. The smallest absolute Gasteiger partial charge is 0.373 e. The van der Waals surface area contributed by atoms with E-state index < -0.39 is 17.8 Å². The molecule has 0 bridgehead atoms. The van der Waals surface area contributed by atoms with Crippen LogP contribution in [0.1, 0.15) is 49.4 Å². The highest BCUT2D eigenvalue weighted by Gasteiger charge is 2.41. The number of hydrogen-bond donors (Lipinski definition) is 1. The summed E-state index contributed by atoms with van der Waals surface area (Å²) in [5.74, 6) is -0.000235. The number of alkyl halides is 3. The molecule has 2 nitrogen and oxygen atoms in total. The lowest BCUT2D eigenvalue weighted by Gasteiger charge is -2.40. The van der Waals surface area contributed by atoms with E-state index in [2.05, 4.69) is 19.2 Å². The number of benzene rings is 3. The van der Waals surface area contributed by atoms with E-state index in [-0.39, 0.29) is 11.2 Å². The van der Waals surface area contributed by atoms with Crippen molar-refractivity contribution in [2.75, 3.05) is 5.32 Å². The summed E-state index contributed by atoms with van der Waals surface area (Å²) < 4.78 is 40.1. The number of carbonyl (C=O) groups is 1. The molecule has 3 aromatic rings. The van der Waals surface area contributed by atoms with Gasteiger partial charge in [-0.15, -0.1) is 0 Å². The van der Waals surface area contributed by atoms with Crippen molar-refractivity contribution < 1.29 is 18.0 Å². The third kappa shape index (κ3) is 3.32. The summed E-state index contributed by atoms with van der Waals surface area (Å²) >= 11 is 0. The predicted octanol–water partition coefficient (Wildman–Crippen LogP) is 7.17. The Kier molecular flexibility index (Phi) is 4.30. The quantitative estimate of drug-likeness (QED) is 0.451. The highest BCUT2D eigenvalue weighted by atomic mass is 19.4. The van der Waals surface area contributed by atoms with Crippen molar-refractivity contribution in [3.8, 4) is 0 Å². The van der Waals surface area contributed by atoms with Crippen LogP contribution in [0.15, 0.2) is 66.2 Å². The van der Waals surface area contributed by atoms with Crippen molar-refractivity contribution in [2.24, 2.45) is 5.41 Å². The number of ketones is 1. The van der Waals surface area contributed by atoms with Crippen LogP contribution in [0.25, 0.3) is 16.3 Å². The minimum Gasteiger partial charge on any atom is -0.373 e. The zero-order chi connectivity index (χ0) is 22.0. The molecule has 1 N–H and O–H groups in total. The van der Waals surface area contributed by atoms with Crippen molar-refractivity contribution in [2.45, 2.75) is 38.9 Å². The molecule has 0 amide bonds. The zero-order valence-electron chi connectivity index (χ0n) is 17.3. The number of rotatable bonds is 1. The molecule has 0 saturated heterocycles. The van der Waals surface area contributed by atoms with Gasteiger partial charge in [-0.3, -0.25) is 4.79 Å². The Balaban J connectivity index is 1.76. The summed E-state index contributed by atoms with van der Waals surface area (Å²) in [7, 11) is 0. The molecule has 1 atom stereocenters.